The number of benzene rings is 1. The van der Waals surface area contributed by atoms with Gasteiger partial charge in [-0.15, -0.1) is 0 Å². The quantitative estimate of drug-likeness (QED) is 0.801. The van der Waals surface area contributed by atoms with Crippen molar-refractivity contribution in [2.24, 2.45) is 0 Å². The lowest BCUT2D eigenvalue weighted by molar-refractivity contribution is -0.144. The van der Waals surface area contributed by atoms with Gasteiger partial charge in [0.1, 0.15) is 12.4 Å². The van der Waals surface area contributed by atoms with Crippen LogP contribution in [0.15, 0.2) is 24.3 Å². The Bertz CT molecular complexity index is 484. The van der Waals surface area contributed by atoms with Crippen LogP contribution in [0.5, 0.6) is 0 Å². The minimum atomic E-state index is -4.51. The van der Waals surface area contributed by atoms with Crippen molar-refractivity contribution < 1.29 is 27.1 Å². The molecule has 0 aliphatic carbocycles. The summed E-state index contributed by atoms with van der Waals surface area (Å²) >= 11 is 0. The van der Waals surface area contributed by atoms with Crippen LogP contribution in [0, 0.1) is 5.82 Å². The molecule has 1 amide bonds. The number of carbonyl (C=O) groups excluding carboxylic acids is 1. The molecule has 20 heavy (non-hydrogen) atoms. The van der Waals surface area contributed by atoms with Gasteiger partial charge in [-0.3, -0.25) is 4.79 Å². The third kappa shape index (κ3) is 3.69. The third-order valence-corrected chi connectivity index (χ3v) is 3.03. The monoisotopic (exact) mass is 291 g/mol. The van der Waals surface area contributed by atoms with E-state index in [1.165, 1.54) is 12.1 Å². The normalized spacial score (nSPS) is 19.1. The molecule has 2 rings (SSSR count). The second kappa shape index (κ2) is 5.78. The Kier molecular flexibility index (Phi) is 4.27. The number of rotatable bonds is 3. The lowest BCUT2D eigenvalue weighted by Crippen LogP contribution is -2.46. The highest BCUT2D eigenvalue weighted by molar-refractivity contribution is 5.94. The third-order valence-electron chi connectivity index (χ3n) is 3.03. The Morgan fingerprint density at radius 2 is 2.15 bits per heavy atom. The van der Waals surface area contributed by atoms with Crippen LogP contribution in [0.2, 0.25) is 0 Å². The molecule has 0 aromatic heterocycles. The number of hydrogen-bond donors (Lipinski definition) is 0. The number of amides is 1. The van der Waals surface area contributed by atoms with Crippen molar-refractivity contribution in [3.63, 3.8) is 0 Å². The summed E-state index contributed by atoms with van der Waals surface area (Å²) in [6, 6.07) is 4.02. The van der Waals surface area contributed by atoms with Crippen LogP contribution >= 0.6 is 0 Å². The molecule has 1 atom stereocenters. The largest absolute Gasteiger partial charge is 0.406 e. The number of hydrogen-bond acceptors (Lipinski definition) is 2. The van der Waals surface area contributed by atoms with Gasteiger partial charge in [-0.05, 0) is 24.6 Å². The first kappa shape index (κ1) is 14.8. The van der Waals surface area contributed by atoms with Crippen molar-refractivity contribution in [3.8, 4) is 0 Å². The highest BCUT2D eigenvalue weighted by Crippen LogP contribution is 2.23. The van der Waals surface area contributed by atoms with Gasteiger partial charge >= 0.3 is 6.18 Å². The van der Waals surface area contributed by atoms with Crippen molar-refractivity contribution >= 4 is 5.91 Å². The Hall–Kier alpha value is -1.63. The van der Waals surface area contributed by atoms with Crippen molar-refractivity contribution in [1.29, 1.82) is 0 Å². The fourth-order valence-electron chi connectivity index (χ4n) is 2.12. The summed E-state index contributed by atoms with van der Waals surface area (Å²) in [5, 5.41) is 0. The van der Waals surface area contributed by atoms with E-state index in [0.29, 0.717) is 17.9 Å². The first-order valence-corrected chi connectivity index (χ1v) is 6.08. The maximum Gasteiger partial charge on any atom is 0.406 e. The van der Waals surface area contributed by atoms with Gasteiger partial charge in [-0.25, -0.2) is 4.39 Å². The molecule has 1 aromatic rings. The molecule has 0 radical (unpaired) electrons. The SMILES string of the molecule is O=C(c1cccc(F)c1)N(CC(F)(F)F)C1CCOC1. The molecule has 3 nitrogen and oxygen atoms in total. The summed E-state index contributed by atoms with van der Waals surface area (Å²) in [4.78, 5) is 12.9. The molecule has 0 bridgehead atoms. The highest BCUT2D eigenvalue weighted by atomic mass is 19.4. The highest BCUT2D eigenvalue weighted by Gasteiger charge is 2.38. The second-order valence-corrected chi connectivity index (χ2v) is 4.58. The number of nitrogens with zero attached hydrogens (tertiary/aromatic N) is 1. The topological polar surface area (TPSA) is 29.5 Å². The predicted molar refractivity (Wildman–Crippen MR) is 62.7 cm³/mol. The molecule has 0 saturated carbocycles. The lowest BCUT2D eigenvalue weighted by atomic mass is 10.1. The molecule has 1 unspecified atom stereocenters. The number of ether oxygens (including phenoxy) is 1. The molecule has 110 valence electrons. The van der Waals surface area contributed by atoms with Crippen LogP contribution in [-0.2, 0) is 4.74 Å². The van der Waals surface area contributed by atoms with Gasteiger partial charge < -0.3 is 9.64 Å². The summed E-state index contributed by atoms with van der Waals surface area (Å²) in [5.74, 6) is -1.50. The standard InChI is InChI=1S/C13H13F4NO2/c14-10-3-1-2-9(6-10)12(19)18(8-13(15,16)17)11-4-5-20-7-11/h1-3,6,11H,4-5,7-8H2. The van der Waals surface area contributed by atoms with Crippen LogP contribution in [0.1, 0.15) is 16.8 Å². The van der Waals surface area contributed by atoms with Crippen molar-refractivity contribution in [1.82, 2.24) is 4.90 Å². The zero-order chi connectivity index (χ0) is 14.8. The Balaban J connectivity index is 2.23. The van der Waals surface area contributed by atoms with Gasteiger partial charge in [-0.2, -0.15) is 13.2 Å². The Labute approximate surface area is 113 Å². The Morgan fingerprint density at radius 1 is 1.40 bits per heavy atom. The average molecular weight is 291 g/mol. The molecule has 0 N–H and O–H groups in total. The molecular weight excluding hydrogens is 278 g/mol. The Morgan fingerprint density at radius 3 is 2.70 bits per heavy atom. The lowest BCUT2D eigenvalue weighted by Gasteiger charge is -2.29. The van der Waals surface area contributed by atoms with Gasteiger partial charge in [0, 0.05) is 12.2 Å². The fraction of sp³-hybridized carbons (Fsp3) is 0.462. The molecular formula is C13H13F4NO2. The van der Waals surface area contributed by atoms with Gasteiger partial charge in [0.25, 0.3) is 5.91 Å². The summed E-state index contributed by atoms with van der Waals surface area (Å²) < 4.78 is 55.9. The van der Waals surface area contributed by atoms with Crippen LogP contribution < -0.4 is 0 Å². The van der Waals surface area contributed by atoms with E-state index in [9.17, 15) is 22.4 Å². The van der Waals surface area contributed by atoms with Crippen molar-refractivity contribution in [2.75, 3.05) is 19.8 Å². The van der Waals surface area contributed by atoms with Crippen LogP contribution in [-0.4, -0.2) is 42.8 Å². The minimum Gasteiger partial charge on any atom is -0.379 e. The van der Waals surface area contributed by atoms with E-state index in [-0.39, 0.29) is 12.2 Å². The van der Waals surface area contributed by atoms with Gasteiger partial charge in [0.05, 0.1) is 12.6 Å². The second-order valence-electron chi connectivity index (χ2n) is 4.58. The van der Waals surface area contributed by atoms with E-state index in [0.717, 1.165) is 12.1 Å². The van der Waals surface area contributed by atoms with E-state index < -0.39 is 30.5 Å². The van der Waals surface area contributed by atoms with E-state index in [4.69, 9.17) is 4.74 Å². The molecule has 0 spiro atoms. The molecule has 7 heteroatoms. The number of carbonyl (C=O) groups is 1. The fourth-order valence-corrected chi connectivity index (χ4v) is 2.12. The summed E-state index contributed by atoms with van der Waals surface area (Å²) in [7, 11) is 0. The van der Waals surface area contributed by atoms with Crippen LogP contribution in [0.4, 0.5) is 17.6 Å². The van der Waals surface area contributed by atoms with Crippen LogP contribution in [0.25, 0.3) is 0 Å². The molecule has 1 aliphatic heterocycles. The molecule has 1 saturated heterocycles. The van der Waals surface area contributed by atoms with E-state index in [1.54, 1.807) is 0 Å². The average Bonchev–Trinajstić information content (AvgIpc) is 2.87. The maximum atomic E-state index is 13.1. The molecule has 1 heterocycles. The summed E-state index contributed by atoms with van der Waals surface area (Å²) in [5.41, 5.74) is -0.0962. The first-order chi connectivity index (χ1) is 9.37. The minimum absolute atomic E-state index is 0.0666. The van der Waals surface area contributed by atoms with Crippen LogP contribution in [0.3, 0.4) is 0 Å². The number of alkyl halides is 3. The molecule has 1 aliphatic rings. The van der Waals surface area contributed by atoms with E-state index >= 15 is 0 Å². The smallest absolute Gasteiger partial charge is 0.379 e. The zero-order valence-electron chi connectivity index (χ0n) is 10.5. The van der Waals surface area contributed by atoms with Crippen molar-refractivity contribution in [2.45, 2.75) is 18.6 Å². The summed E-state index contributed by atoms with van der Waals surface area (Å²) in [6.45, 7) is -0.983. The first-order valence-electron chi connectivity index (χ1n) is 6.08. The predicted octanol–water partition coefficient (Wildman–Crippen LogP) is 2.62. The van der Waals surface area contributed by atoms with Crippen molar-refractivity contribution in [3.05, 3.63) is 35.6 Å². The number of halogens is 4. The molecule has 1 fully saturated rings. The van der Waals surface area contributed by atoms with E-state index in [2.05, 4.69) is 0 Å². The van der Waals surface area contributed by atoms with Gasteiger partial charge in [0.15, 0.2) is 0 Å². The van der Waals surface area contributed by atoms with Gasteiger partial charge in [-0.1, -0.05) is 6.07 Å². The maximum absolute atomic E-state index is 13.1. The zero-order valence-corrected chi connectivity index (χ0v) is 10.5. The molecule has 1 aromatic carbocycles. The van der Waals surface area contributed by atoms with Gasteiger partial charge in [0.2, 0.25) is 0 Å². The summed E-state index contributed by atoms with van der Waals surface area (Å²) in [6.07, 6.45) is -4.16. The van der Waals surface area contributed by atoms with E-state index in [1.807, 2.05) is 0 Å².